The summed E-state index contributed by atoms with van der Waals surface area (Å²) in [5, 5.41) is 3.60. The molecule has 1 saturated carbocycles. The molecule has 2 N–H and O–H groups in total. The van der Waals surface area contributed by atoms with Crippen LogP contribution < -0.4 is 5.32 Å². The van der Waals surface area contributed by atoms with E-state index in [0.717, 1.165) is 11.6 Å². The molecule has 21 heavy (non-hydrogen) atoms. The summed E-state index contributed by atoms with van der Waals surface area (Å²) in [7, 11) is 1.39. The molecule has 4 nitrogen and oxygen atoms in total. The van der Waals surface area contributed by atoms with Gasteiger partial charge in [-0.05, 0) is 36.5 Å². The van der Waals surface area contributed by atoms with Crippen molar-refractivity contribution < 1.29 is 9.53 Å². The highest BCUT2D eigenvalue weighted by molar-refractivity contribution is 5.87. The normalized spacial score (nSPS) is 15.7. The van der Waals surface area contributed by atoms with E-state index in [9.17, 15) is 4.79 Å². The number of rotatable bonds is 6. The van der Waals surface area contributed by atoms with E-state index in [1.165, 1.54) is 25.5 Å². The molecule has 110 valence electrons. The average Bonchev–Trinajstić information content (AvgIpc) is 3.25. The molecule has 1 aromatic carbocycles. The van der Waals surface area contributed by atoms with E-state index >= 15 is 0 Å². The molecule has 2 aromatic rings. The minimum atomic E-state index is -0.331. The Kier molecular flexibility index (Phi) is 4.06. The third-order valence-corrected chi connectivity index (χ3v) is 3.92. The Hall–Kier alpha value is -2.07. The molecule has 3 rings (SSSR count). The summed E-state index contributed by atoms with van der Waals surface area (Å²) in [5.74, 6) is 0.394. The van der Waals surface area contributed by atoms with Crippen molar-refractivity contribution in [3.05, 3.63) is 59.4 Å². The Morgan fingerprint density at radius 2 is 2.05 bits per heavy atom. The molecule has 0 spiro atoms. The van der Waals surface area contributed by atoms with Crippen LogP contribution in [0.15, 0.2) is 42.5 Å². The Balaban J connectivity index is 1.65. The van der Waals surface area contributed by atoms with E-state index in [4.69, 9.17) is 4.74 Å². The van der Waals surface area contributed by atoms with Crippen LogP contribution in [0.1, 0.15) is 40.6 Å². The van der Waals surface area contributed by atoms with Crippen LogP contribution in [-0.4, -0.2) is 18.1 Å². The van der Waals surface area contributed by atoms with Crippen molar-refractivity contribution in [1.29, 1.82) is 0 Å². The van der Waals surface area contributed by atoms with Crippen molar-refractivity contribution in [2.24, 2.45) is 5.92 Å². The summed E-state index contributed by atoms with van der Waals surface area (Å²) >= 11 is 0. The van der Waals surface area contributed by atoms with E-state index in [1.807, 2.05) is 12.1 Å². The Labute approximate surface area is 124 Å². The van der Waals surface area contributed by atoms with Gasteiger partial charge in [0.15, 0.2) is 0 Å². The lowest BCUT2D eigenvalue weighted by molar-refractivity contribution is 0.0594. The van der Waals surface area contributed by atoms with Crippen LogP contribution in [0.4, 0.5) is 0 Å². The fraction of sp³-hybridized carbons (Fsp3) is 0.353. The number of carbonyl (C=O) groups excluding carboxylic acids is 1. The van der Waals surface area contributed by atoms with Gasteiger partial charge in [-0.15, -0.1) is 0 Å². The van der Waals surface area contributed by atoms with Crippen LogP contribution in [0, 0.1) is 5.92 Å². The van der Waals surface area contributed by atoms with E-state index in [1.54, 1.807) is 6.07 Å². The second-order valence-electron chi connectivity index (χ2n) is 5.50. The summed E-state index contributed by atoms with van der Waals surface area (Å²) in [6, 6.07) is 14.6. The maximum absolute atomic E-state index is 11.4. The minimum Gasteiger partial charge on any atom is -0.464 e. The first-order valence-electron chi connectivity index (χ1n) is 7.32. The van der Waals surface area contributed by atoms with Gasteiger partial charge in [0.2, 0.25) is 0 Å². The highest BCUT2D eigenvalue weighted by Gasteiger charge is 2.31. The SMILES string of the molecule is COC(=O)c1ccc(CNC(c2ccccc2)C2CC2)[nH]1. The first-order valence-corrected chi connectivity index (χ1v) is 7.32. The molecule has 1 heterocycles. The van der Waals surface area contributed by atoms with E-state index in [0.29, 0.717) is 18.3 Å². The van der Waals surface area contributed by atoms with E-state index in [2.05, 4.69) is 34.6 Å². The van der Waals surface area contributed by atoms with Crippen LogP contribution in [0.25, 0.3) is 0 Å². The summed E-state index contributed by atoms with van der Waals surface area (Å²) in [6.45, 7) is 0.715. The van der Waals surface area contributed by atoms with Crippen molar-refractivity contribution in [1.82, 2.24) is 10.3 Å². The number of benzene rings is 1. The van der Waals surface area contributed by atoms with E-state index < -0.39 is 0 Å². The number of methoxy groups -OCH3 is 1. The number of H-pyrrole nitrogens is 1. The lowest BCUT2D eigenvalue weighted by atomic mass is 10.0. The van der Waals surface area contributed by atoms with Crippen LogP contribution in [0.5, 0.6) is 0 Å². The molecule has 1 unspecified atom stereocenters. The Morgan fingerprint density at radius 3 is 2.71 bits per heavy atom. The molecule has 0 aliphatic heterocycles. The zero-order valence-electron chi connectivity index (χ0n) is 12.1. The zero-order valence-corrected chi connectivity index (χ0v) is 12.1. The van der Waals surface area contributed by atoms with Gasteiger partial charge in [0.1, 0.15) is 5.69 Å². The van der Waals surface area contributed by atoms with Gasteiger partial charge in [-0.25, -0.2) is 4.79 Å². The predicted octanol–water partition coefficient (Wildman–Crippen LogP) is 3.04. The number of esters is 1. The third kappa shape index (κ3) is 3.34. The fourth-order valence-corrected chi connectivity index (χ4v) is 2.64. The van der Waals surface area contributed by atoms with Crippen LogP contribution in [0.3, 0.4) is 0 Å². The van der Waals surface area contributed by atoms with Crippen LogP contribution >= 0.6 is 0 Å². The average molecular weight is 284 g/mol. The quantitative estimate of drug-likeness (QED) is 0.802. The topological polar surface area (TPSA) is 54.1 Å². The monoisotopic (exact) mass is 284 g/mol. The lowest BCUT2D eigenvalue weighted by Crippen LogP contribution is -2.22. The number of nitrogens with one attached hydrogen (secondary N) is 2. The standard InChI is InChI=1S/C17H20N2O2/c1-21-17(20)15-10-9-14(19-15)11-18-16(13-7-8-13)12-5-3-2-4-6-12/h2-6,9-10,13,16,18-19H,7-8,11H2,1H3. The molecule has 0 bridgehead atoms. The van der Waals surface area contributed by atoms with Crippen molar-refractivity contribution in [2.75, 3.05) is 7.11 Å². The summed E-state index contributed by atoms with van der Waals surface area (Å²) in [5.41, 5.74) is 2.83. The highest BCUT2D eigenvalue weighted by atomic mass is 16.5. The number of carbonyl (C=O) groups is 1. The predicted molar refractivity (Wildman–Crippen MR) is 80.9 cm³/mol. The largest absolute Gasteiger partial charge is 0.464 e. The summed E-state index contributed by atoms with van der Waals surface area (Å²) in [4.78, 5) is 14.5. The van der Waals surface area contributed by atoms with Gasteiger partial charge >= 0.3 is 5.97 Å². The molecule has 4 heteroatoms. The van der Waals surface area contributed by atoms with Crippen LogP contribution in [0.2, 0.25) is 0 Å². The van der Waals surface area contributed by atoms with Gasteiger partial charge in [-0.1, -0.05) is 30.3 Å². The van der Waals surface area contributed by atoms with Crippen molar-refractivity contribution in [3.8, 4) is 0 Å². The third-order valence-electron chi connectivity index (χ3n) is 3.92. The Morgan fingerprint density at radius 1 is 1.29 bits per heavy atom. The number of hydrogen-bond acceptors (Lipinski definition) is 3. The minimum absolute atomic E-state index is 0.331. The first-order chi connectivity index (χ1) is 10.3. The molecule has 0 saturated heterocycles. The lowest BCUT2D eigenvalue weighted by Gasteiger charge is -2.18. The van der Waals surface area contributed by atoms with Gasteiger partial charge in [0.05, 0.1) is 7.11 Å². The number of aromatic amines is 1. The molecule has 1 fully saturated rings. The molecule has 1 aliphatic rings. The molecule has 1 aliphatic carbocycles. The number of aromatic nitrogens is 1. The van der Waals surface area contributed by atoms with Gasteiger partial charge in [-0.3, -0.25) is 0 Å². The van der Waals surface area contributed by atoms with Gasteiger partial charge in [0.25, 0.3) is 0 Å². The van der Waals surface area contributed by atoms with E-state index in [-0.39, 0.29) is 5.97 Å². The second kappa shape index (κ2) is 6.14. The fourth-order valence-electron chi connectivity index (χ4n) is 2.64. The highest BCUT2D eigenvalue weighted by Crippen LogP contribution is 2.41. The molecule has 0 amide bonds. The zero-order chi connectivity index (χ0) is 14.7. The smallest absolute Gasteiger partial charge is 0.354 e. The van der Waals surface area contributed by atoms with Gasteiger partial charge in [-0.2, -0.15) is 0 Å². The van der Waals surface area contributed by atoms with Crippen LogP contribution in [-0.2, 0) is 11.3 Å². The summed E-state index contributed by atoms with van der Waals surface area (Å²) < 4.78 is 4.70. The summed E-state index contributed by atoms with van der Waals surface area (Å²) in [6.07, 6.45) is 2.56. The van der Waals surface area contributed by atoms with Gasteiger partial charge in [0, 0.05) is 18.3 Å². The number of ether oxygens (including phenoxy) is 1. The second-order valence-corrected chi connectivity index (χ2v) is 5.50. The number of hydrogen-bond donors (Lipinski definition) is 2. The molecule has 0 radical (unpaired) electrons. The van der Waals surface area contributed by atoms with Gasteiger partial charge < -0.3 is 15.0 Å². The maximum Gasteiger partial charge on any atom is 0.354 e. The van der Waals surface area contributed by atoms with Crippen molar-refractivity contribution >= 4 is 5.97 Å². The Bertz CT molecular complexity index is 602. The molecular formula is C17H20N2O2. The maximum atomic E-state index is 11.4. The molecule has 1 aromatic heterocycles. The molecule has 1 atom stereocenters. The molecular weight excluding hydrogens is 264 g/mol. The first kappa shape index (κ1) is 13.9. The van der Waals surface area contributed by atoms with Crippen molar-refractivity contribution in [2.45, 2.75) is 25.4 Å². The van der Waals surface area contributed by atoms with Crippen molar-refractivity contribution in [3.63, 3.8) is 0 Å².